The Morgan fingerprint density at radius 2 is 1.26 bits per heavy atom. The standard InChI is InChI=1S/C48H29N3OS/c1-2-12-28(13-3-1)29-22-23-31-27-32(25-24-30(31)26-29)44-42-36-17-7-10-20-39(36)52-47(42)50-48(49-44)51-38-19-9-6-16-35(38)43-45(51)34-15-5-4-14-33(34)41-37-18-8-11-21-40(37)53-46(41)43/h1-27,44H,(H,49,50). The molecule has 0 fully saturated rings. The van der Waals surface area contributed by atoms with Gasteiger partial charge >= 0.3 is 0 Å². The van der Waals surface area contributed by atoms with Crippen LogP contribution in [0.2, 0.25) is 0 Å². The van der Waals surface area contributed by atoms with E-state index in [1.807, 2.05) is 23.5 Å². The van der Waals surface area contributed by atoms with Gasteiger partial charge in [0.15, 0.2) is 0 Å². The van der Waals surface area contributed by atoms with Gasteiger partial charge in [-0.3, -0.25) is 9.88 Å². The normalized spacial score (nSPS) is 14.5. The maximum absolute atomic E-state index is 6.64. The molecule has 0 bridgehead atoms. The van der Waals surface area contributed by atoms with Crippen LogP contribution in [0.1, 0.15) is 17.2 Å². The number of nitrogens with zero attached hydrogens (tertiary/aromatic N) is 2. The number of thiophene rings is 1. The Hall–Kier alpha value is -6.69. The van der Waals surface area contributed by atoms with Gasteiger partial charge in [-0.25, -0.2) is 4.99 Å². The second-order valence-corrected chi connectivity index (χ2v) is 15.0. The lowest BCUT2D eigenvalue weighted by Gasteiger charge is -2.24. The van der Waals surface area contributed by atoms with Gasteiger partial charge in [-0.2, -0.15) is 0 Å². The zero-order valence-electron chi connectivity index (χ0n) is 28.4. The first-order valence-electron chi connectivity index (χ1n) is 18.0. The zero-order valence-corrected chi connectivity index (χ0v) is 29.2. The Balaban J connectivity index is 1.14. The quantitative estimate of drug-likeness (QED) is 0.196. The summed E-state index contributed by atoms with van der Waals surface area (Å²) in [5, 5.41) is 14.7. The minimum Gasteiger partial charge on any atom is -0.440 e. The highest BCUT2D eigenvalue weighted by Crippen LogP contribution is 2.49. The van der Waals surface area contributed by atoms with E-state index < -0.39 is 0 Å². The summed E-state index contributed by atoms with van der Waals surface area (Å²) in [6.07, 6.45) is 0. The second kappa shape index (κ2) is 10.9. The highest BCUT2D eigenvalue weighted by Gasteiger charge is 2.32. The molecule has 3 aromatic heterocycles. The van der Waals surface area contributed by atoms with Gasteiger partial charge in [0.05, 0.1) is 16.6 Å². The van der Waals surface area contributed by atoms with E-state index in [9.17, 15) is 0 Å². The van der Waals surface area contributed by atoms with Crippen molar-refractivity contribution in [2.24, 2.45) is 4.99 Å². The Morgan fingerprint density at radius 3 is 2.15 bits per heavy atom. The van der Waals surface area contributed by atoms with Crippen LogP contribution in [0, 0.1) is 0 Å². The molecule has 1 aliphatic heterocycles. The summed E-state index contributed by atoms with van der Waals surface area (Å²) in [6.45, 7) is 0. The van der Waals surface area contributed by atoms with E-state index in [0.29, 0.717) is 0 Å². The first kappa shape index (κ1) is 28.9. The van der Waals surface area contributed by atoms with E-state index >= 15 is 0 Å². The van der Waals surface area contributed by atoms with E-state index in [4.69, 9.17) is 9.41 Å². The molecule has 0 amide bonds. The summed E-state index contributed by atoms with van der Waals surface area (Å²) in [4.78, 5) is 5.67. The van der Waals surface area contributed by atoms with Crippen LogP contribution in [-0.4, -0.2) is 10.5 Å². The van der Waals surface area contributed by atoms with Crippen LogP contribution in [-0.2, 0) is 0 Å². The maximum Gasteiger partial charge on any atom is 0.211 e. The summed E-state index contributed by atoms with van der Waals surface area (Å²) in [5.41, 5.74) is 7.71. The third kappa shape index (κ3) is 4.14. The van der Waals surface area contributed by atoms with Gasteiger partial charge in [-0.15, -0.1) is 11.3 Å². The van der Waals surface area contributed by atoms with Gasteiger partial charge in [0.2, 0.25) is 11.8 Å². The van der Waals surface area contributed by atoms with Gasteiger partial charge in [0.1, 0.15) is 11.6 Å². The fourth-order valence-corrected chi connectivity index (χ4v) is 9.97. The molecule has 4 nitrogen and oxygen atoms in total. The molecule has 0 saturated heterocycles. The molecule has 1 N–H and O–H groups in total. The minimum atomic E-state index is -0.293. The largest absolute Gasteiger partial charge is 0.440 e. The van der Waals surface area contributed by atoms with Crippen molar-refractivity contribution in [2.45, 2.75) is 6.04 Å². The molecule has 5 heteroatoms. The van der Waals surface area contributed by atoms with E-state index in [1.54, 1.807) is 0 Å². The number of furan rings is 1. The third-order valence-electron chi connectivity index (χ3n) is 11.0. The van der Waals surface area contributed by atoms with Crippen LogP contribution in [0.15, 0.2) is 173 Å². The van der Waals surface area contributed by atoms with Crippen molar-refractivity contribution in [1.29, 1.82) is 0 Å². The number of aromatic nitrogens is 1. The molecule has 1 unspecified atom stereocenters. The monoisotopic (exact) mass is 695 g/mol. The summed E-state index contributed by atoms with van der Waals surface area (Å²) in [6, 6.07) is 58.5. The summed E-state index contributed by atoms with van der Waals surface area (Å²) in [5.74, 6) is 1.48. The number of benzene rings is 8. The van der Waals surface area contributed by atoms with Crippen LogP contribution in [0.4, 0.5) is 5.88 Å². The lowest BCUT2D eigenvalue weighted by atomic mass is 9.93. The Labute approximate surface area is 307 Å². The predicted octanol–water partition coefficient (Wildman–Crippen LogP) is 13.3. The molecule has 11 aromatic rings. The molecule has 248 valence electrons. The lowest BCUT2D eigenvalue weighted by Crippen LogP contribution is -2.27. The minimum absolute atomic E-state index is 0.293. The molecular formula is C48H29N3OS. The molecule has 1 aliphatic rings. The fourth-order valence-electron chi connectivity index (χ4n) is 8.69. The topological polar surface area (TPSA) is 42.5 Å². The molecular weight excluding hydrogens is 667 g/mol. The van der Waals surface area contributed by atoms with Crippen molar-refractivity contribution in [3.05, 3.63) is 175 Å². The number of fused-ring (bicyclic) bond motifs is 14. The van der Waals surface area contributed by atoms with Gasteiger partial charge < -0.3 is 4.42 Å². The van der Waals surface area contributed by atoms with Crippen molar-refractivity contribution in [2.75, 3.05) is 5.32 Å². The van der Waals surface area contributed by atoms with Crippen molar-refractivity contribution in [3.63, 3.8) is 0 Å². The van der Waals surface area contributed by atoms with E-state index in [1.165, 1.54) is 63.6 Å². The van der Waals surface area contributed by atoms with E-state index in [2.05, 4.69) is 162 Å². The SMILES string of the molecule is c1ccc(-c2ccc3cc(C4N=C(n5c6ccccc6c6c7sc8ccccc8c7c7ccccc7c65)Nc5oc6ccccc6c54)ccc3c2)cc1. The van der Waals surface area contributed by atoms with Crippen LogP contribution < -0.4 is 5.32 Å². The van der Waals surface area contributed by atoms with Crippen LogP contribution in [0.3, 0.4) is 0 Å². The summed E-state index contributed by atoms with van der Waals surface area (Å²) in [7, 11) is 0. The average molecular weight is 696 g/mol. The molecule has 0 radical (unpaired) electrons. The molecule has 0 aliphatic carbocycles. The molecule has 0 spiro atoms. The number of nitrogens with one attached hydrogen (secondary N) is 1. The number of aliphatic imine (C=N–C) groups is 1. The van der Waals surface area contributed by atoms with Crippen LogP contribution in [0.5, 0.6) is 0 Å². The van der Waals surface area contributed by atoms with Crippen molar-refractivity contribution >= 4 is 97.7 Å². The first-order chi connectivity index (χ1) is 26.3. The molecule has 0 saturated carbocycles. The summed E-state index contributed by atoms with van der Waals surface area (Å²) < 4.78 is 11.6. The highest BCUT2D eigenvalue weighted by atomic mass is 32.1. The molecule has 1 atom stereocenters. The summed E-state index contributed by atoms with van der Waals surface area (Å²) >= 11 is 1.88. The Bertz CT molecular complexity index is 3330. The number of hydrogen-bond acceptors (Lipinski definition) is 4. The van der Waals surface area contributed by atoms with Crippen LogP contribution >= 0.6 is 11.3 Å². The second-order valence-electron chi connectivity index (χ2n) is 13.9. The number of anilines is 1. The van der Waals surface area contributed by atoms with Gasteiger partial charge in [0.25, 0.3) is 0 Å². The van der Waals surface area contributed by atoms with Gasteiger partial charge in [-0.05, 0) is 63.2 Å². The number of rotatable bonds is 2. The van der Waals surface area contributed by atoms with Crippen LogP contribution in [0.25, 0.3) is 85.6 Å². The Morgan fingerprint density at radius 1 is 0.566 bits per heavy atom. The number of para-hydroxylation sites is 2. The van der Waals surface area contributed by atoms with Crippen molar-refractivity contribution in [3.8, 4) is 11.1 Å². The Kier molecular flexibility index (Phi) is 5.96. The number of hydrogen-bond donors (Lipinski definition) is 1. The first-order valence-corrected chi connectivity index (χ1v) is 18.8. The highest BCUT2D eigenvalue weighted by molar-refractivity contribution is 7.27. The van der Waals surface area contributed by atoms with Gasteiger partial charge in [-0.1, -0.05) is 133 Å². The third-order valence-corrected chi connectivity index (χ3v) is 12.2. The molecule has 4 heterocycles. The smallest absolute Gasteiger partial charge is 0.211 e. The average Bonchev–Trinajstić information content (AvgIpc) is 3.90. The predicted molar refractivity (Wildman–Crippen MR) is 224 cm³/mol. The van der Waals surface area contributed by atoms with E-state index in [0.717, 1.165) is 45.0 Å². The maximum atomic E-state index is 6.64. The zero-order chi connectivity index (χ0) is 34.6. The molecule has 53 heavy (non-hydrogen) atoms. The van der Waals surface area contributed by atoms with Crippen molar-refractivity contribution in [1.82, 2.24) is 4.57 Å². The fraction of sp³-hybridized carbons (Fsp3) is 0.0208. The van der Waals surface area contributed by atoms with E-state index in [-0.39, 0.29) is 6.04 Å². The molecule has 8 aromatic carbocycles. The lowest BCUT2D eigenvalue weighted by molar-refractivity contribution is 0.623. The van der Waals surface area contributed by atoms with Gasteiger partial charge in [0, 0.05) is 41.7 Å². The van der Waals surface area contributed by atoms with Crippen molar-refractivity contribution < 1.29 is 4.42 Å². The molecule has 12 rings (SSSR count).